The van der Waals surface area contributed by atoms with Crippen LogP contribution < -0.4 is 10.5 Å². The van der Waals surface area contributed by atoms with Crippen LogP contribution in [0.1, 0.15) is 32.3 Å². The van der Waals surface area contributed by atoms with E-state index in [2.05, 4.69) is 4.98 Å². The second-order valence-electron chi connectivity index (χ2n) is 4.24. The summed E-state index contributed by atoms with van der Waals surface area (Å²) in [6.07, 6.45) is 2.65. The van der Waals surface area contributed by atoms with Crippen molar-refractivity contribution in [3.05, 3.63) is 27.9 Å². The van der Waals surface area contributed by atoms with Crippen molar-refractivity contribution in [1.29, 1.82) is 5.26 Å². The molecule has 0 spiro atoms. The average Bonchev–Trinajstić information content (AvgIpc) is 2.43. The van der Waals surface area contributed by atoms with Crippen molar-refractivity contribution in [1.82, 2.24) is 4.98 Å². The number of nitrogens with zero attached hydrogens (tertiary/aromatic N) is 3. The van der Waals surface area contributed by atoms with Gasteiger partial charge in [-0.15, -0.1) is 0 Å². The molecule has 1 heterocycles. The smallest absolute Gasteiger partial charge is 0.348 e. The number of aromatic nitrogens is 1. The lowest BCUT2D eigenvalue weighted by molar-refractivity contribution is -0.386. The van der Waals surface area contributed by atoms with Crippen molar-refractivity contribution in [2.75, 3.05) is 6.61 Å². The Morgan fingerprint density at radius 1 is 1.58 bits per heavy atom. The van der Waals surface area contributed by atoms with Gasteiger partial charge in [-0.2, -0.15) is 5.26 Å². The summed E-state index contributed by atoms with van der Waals surface area (Å²) >= 11 is 0. The van der Waals surface area contributed by atoms with Gasteiger partial charge in [0.1, 0.15) is 18.2 Å². The Morgan fingerprint density at radius 2 is 2.21 bits per heavy atom. The van der Waals surface area contributed by atoms with Crippen molar-refractivity contribution in [3.63, 3.8) is 0 Å². The zero-order valence-corrected chi connectivity index (χ0v) is 10.9. The van der Waals surface area contributed by atoms with E-state index in [0.717, 1.165) is 0 Å². The molecule has 19 heavy (non-hydrogen) atoms. The molecule has 0 aliphatic rings. The van der Waals surface area contributed by atoms with Gasteiger partial charge in [-0.25, -0.2) is 4.98 Å². The Labute approximate surface area is 111 Å². The minimum atomic E-state index is -0.670. The van der Waals surface area contributed by atoms with Crippen molar-refractivity contribution in [2.24, 2.45) is 5.73 Å². The molecule has 0 saturated heterocycles. The van der Waals surface area contributed by atoms with E-state index in [1.807, 2.05) is 13.8 Å². The zero-order chi connectivity index (χ0) is 14.5. The van der Waals surface area contributed by atoms with Gasteiger partial charge in [-0.1, -0.05) is 13.8 Å². The molecule has 0 unspecified atom stereocenters. The Hall–Kier alpha value is -2.20. The summed E-state index contributed by atoms with van der Waals surface area (Å²) in [5.74, 6) is -0.166. The summed E-state index contributed by atoms with van der Waals surface area (Å²) in [5.41, 5.74) is 5.00. The van der Waals surface area contributed by atoms with Crippen LogP contribution in [0.2, 0.25) is 0 Å². The summed E-state index contributed by atoms with van der Waals surface area (Å²) in [7, 11) is 0. The summed E-state index contributed by atoms with van der Waals surface area (Å²) in [6, 6.07) is 3.03. The van der Waals surface area contributed by atoms with Gasteiger partial charge in [0.15, 0.2) is 0 Å². The molecule has 0 aromatic carbocycles. The first-order valence-electron chi connectivity index (χ1n) is 5.92. The van der Waals surface area contributed by atoms with Gasteiger partial charge >= 0.3 is 5.69 Å². The molecule has 7 heteroatoms. The Kier molecular flexibility index (Phi) is 4.78. The normalized spacial score (nSPS) is 10.8. The minimum Gasteiger partial charge on any atom is -0.471 e. The topological polar surface area (TPSA) is 115 Å². The van der Waals surface area contributed by atoms with Crippen LogP contribution >= 0.6 is 0 Å². The molecule has 0 atom stereocenters. The second kappa shape index (κ2) is 6.11. The van der Waals surface area contributed by atoms with Crippen LogP contribution in [0.3, 0.4) is 0 Å². The van der Waals surface area contributed by atoms with E-state index in [-0.39, 0.29) is 18.1 Å². The maximum absolute atomic E-state index is 11.0. The molecule has 0 fully saturated rings. The van der Waals surface area contributed by atoms with Crippen molar-refractivity contribution in [3.8, 4) is 11.9 Å². The number of hydrogen-bond acceptors (Lipinski definition) is 6. The first kappa shape index (κ1) is 14.9. The van der Waals surface area contributed by atoms with E-state index in [0.29, 0.717) is 12.8 Å². The fraction of sp³-hybridized carbons (Fsp3) is 0.500. The number of nitro groups is 1. The SMILES string of the molecule is CCC(N)(CC)COc1nccc(C#N)c1[N+](=O)[O-]. The summed E-state index contributed by atoms with van der Waals surface area (Å²) < 4.78 is 5.36. The molecule has 0 radical (unpaired) electrons. The quantitative estimate of drug-likeness (QED) is 0.618. The lowest BCUT2D eigenvalue weighted by atomic mass is 9.96. The van der Waals surface area contributed by atoms with Gasteiger partial charge in [-0.3, -0.25) is 10.1 Å². The molecule has 1 rings (SSSR count). The highest BCUT2D eigenvalue weighted by Gasteiger charge is 2.26. The number of pyridine rings is 1. The fourth-order valence-electron chi connectivity index (χ4n) is 1.47. The lowest BCUT2D eigenvalue weighted by Crippen LogP contribution is -2.44. The van der Waals surface area contributed by atoms with E-state index >= 15 is 0 Å². The van der Waals surface area contributed by atoms with Gasteiger partial charge in [0, 0.05) is 11.7 Å². The molecule has 1 aromatic heterocycles. The van der Waals surface area contributed by atoms with E-state index in [1.165, 1.54) is 12.3 Å². The molecule has 102 valence electrons. The van der Waals surface area contributed by atoms with E-state index < -0.39 is 16.1 Å². The molecular formula is C12H16N4O3. The van der Waals surface area contributed by atoms with Crippen molar-refractivity contribution >= 4 is 5.69 Å². The largest absolute Gasteiger partial charge is 0.471 e. The summed E-state index contributed by atoms with van der Waals surface area (Å²) in [6.45, 7) is 3.95. The molecule has 2 N–H and O–H groups in total. The zero-order valence-electron chi connectivity index (χ0n) is 10.9. The van der Waals surface area contributed by atoms with Gasteiger partial charge in [0.2, 0.25) is 0 Å². The molecule has 0 aliphatic heterocycles. The number of nitriles is 1. The van der Waals surface area contributed by atoms with Crippen LogP contribution in [-0.2, 0) is 0 Å². The summed E-state index contributed by atoms with van der Waals surface area (Å²) in [4.78, 5) is 14.1. The van der Waals surface area contributed by atoms with Gasteiger partial charge in [-0.05, 0) is 18.9 Å². The molecule has 0 saturated carbocycles. The highest BCUT2D eigenvalue weighted by molar-refractivity contribution is 5.54. The third-order valence-corrected chi connectivity index (χ3v) is 3.10. The average molecular weight is 264 g/mol. The Morgan fingerprint density at radius 3 is 2.68 bits per heavy atom. The molecule has 0 aliphatic carbocycles. The number of nitrogens with two attached hydrogens (primary N) is 1. The Balaban J connectivity index is 3.03. The lowest BCUT2D eigenvalue weighted by Gasteiger charge is -2.25. The standard InChI is InChI=1S/C12H16N4O3/c1-3-12(14,4-2)8-19-11-10(16(17)18)9(7-13)5-6-15-11/h5-6H,3-4,8,14H2,1-2H3. The van der Waals surface area contributed by atoms with Gasteiger partial charge < -0.3 is 10.5 Å². The molecular weight excluding hydrogens is 248 g/mol. The first-order chi connectivity index (χ1) is 8.97. The van der Waals surface area contributed by atoms with E-state index in [1.54, 1.807) is 6.07 Å². The maximum Gasteiger partial charge on any atom is 0.348 e. The molecule has 0 bridgehead atoms. The van der Waals surface area contributed by atoms with Gasteiger partial charge in [0.25, 0.3) is 5.88 Å². The first-order valence-corrected chi connectivity index (χ1v) is 5.92. The molecule has 1 aromatic rings. The van der Waals surface area contributed by atoms with E-state index in [4.69, 9.17) is 15.7 Å². The number of ether oxygens (including phenoxy) is 1. The van der Waals surface area contributed by atoms with Crippen LogP contribution in [0.25, 0.3) is 0 Å². The summed E-state index contributed by atoms with van der Waals surface area (Å²) in [5, 5.41) is 19.8. The monoisotopic (exact) mass is 264 g/mol. The number of rotatable bonds is 6. The predicted molar refractivity (Wildman–Crippen MR) is 68.6 cm³/mol. The fourth-order valence-corrected chi connectivity index (χ4v) is 1.47. The molecule has 0 amide bonds. The minimum absolute atomic E-state index is 0.0781. The van der Waals surface area contributed by atoms with Gasteiger partial charge in [0.05, 0.1) is 4.92 Å². The van der Waals surface area contributed by atoms with Crippen LogP contribution in [0.5, 0.6) is 5.88 Å². The third-order valence-electron chi connectivity index (χ3n) is 3.10. The van der Waals surface area contributed by atoms with Crippen LogP contribution in [0.4, 0.5) is 5.69 Å². The molecule has 7 nitrogen and oxygen atoms in total. The van der Waals surface area contributed by atoms with Crippen LogP contribution in [-0.4, -0.2) is 22.1 Å². The van der Waals surface area contributed by atoms with Crippen molar-refractivity contribution < 1.29 is 9.66 Å². The van der Waals surface area contributed by atoms with Crippen molar-refractivity contribution in [2.45, 2.75) is 32.2 Å². The highest BCUT2D eigenvalue weighted by atomic mass is 16.6. The highest BCUT2D eigenvalue weighted by Crippen LogP contribution is 2.28. The Bertz CT molecular complexity index is 506. The van der Waals surface area contributed by atoms with Crippen LogP contribution in [0.15, 0.2) is 12.3 Å². The number of hydrogen-bond donors (Lipinski definition) is 1. The maximum atomic E-state index is 11.0. The predicted octanol–water partition coefficient (Wildman–Crippen LogP) is 1.76. The third kappa shape index (κ3) is 3.39. The second-order valence-corrected chi connectivity index (χ2v) is 4.24. The van der Waals surface area contributed by atoms with E-state index in [9.17, 15) is 10.1 Å². The van der Waals surface area contributed by atoms with Crippen LogP contribution in [0, 0.1) is 21.4 Å².